The number of carbonyl (C=O) groups is 1. The van der Waals surface area contributed by atoms with Gasteiger partial charge in [0.25, 0.3) is 15.9 Å². The second-order valence-electron chi connectivity index (χ2n) is 6.23. The summed E-state index contributed by atoms with van der Waals surface area (Å²) in [4.78, 5) is 12.3. The number of halogens is 3. The van der Waals surface area contributed by atoms with Crippen molar-refractivity contribution in [3.63, 3.8) is 0 Å². The highest BCUT2D eigenvalue weighted by Crippen LogP contribution is 2.31. The van der Waals surface area contributed by atoms with Gasteiger partial charge < -0.3 is 5.32 Å². The quantitative estimate of drug-likeness (QED) is 0.513. The fourth-order valence-electron chi connectivity index (χ4n) is 2.86. The average molecular weight is 467 g/mol. The Balaban J connectivity index is 1.95. The van der Waals surface area contributed by atoms with Gasteiger partial charge in [-0.2, -0.15) is 0 Å². The molecule has 5 nitrogen and oxygen atoms in total. The van der Waals surface area contributed by atoms with Crippen LogP contribution in [0, 0.1) is 5.82 Å². The van der Waals surface area contributed by atoms with E-state index in [0.717, 1.165) is 12.1 Å². The van der Waals surface area contributed by atoms with Crippen LogP contribution in [0.25, 0.3) is 0 Å². The Morgan fingerprint density at radius 3 is 2.33 bits per heavy atom. The number of anilines is 2. The first-order valence-corrected chi connectivity index (χ1v) is 11.1. The van der Waals surface area contributed by atoms with Crippen molar-refractivity contribution in [2.45, 2.75) is 11.8 Å². The summed E-state index contributed by atoms with van der Waals surface area (Å²) in [5.41, 5.74) is 0.743. The van der Waals surface area contributed by atoms with Crippen LogP contribution in [0.2, 0.25) is 10.0 Å². The molecule has 0 heterocycles. The molecule has 0 fully saturated rings. The molecule has 1 amide bonds. The molecule has 156 valence electrons. The van der Waals surface area contributed by atoms with E-state index in [-0.39, 0.29) is 32.7 Å². The van der Waals surface area contributed by atoms with Crippen molar-refractivity contribution in [1.82, 2.24) is 0 Å². The third kappa shape index (κ3) is 4.59. The van der Waals surface area contributed by atoms with Gasteiger partial charge in [-0.05, 0) is 55.5 Å². The van der Waals surface area contributed by atoms with Gasteiger partial charge in [0.05, 0.1) is 21.3 Å². The molecule has 3 aromatic carbocycles. The number of hydrogen-bond acceptors (Lipinski definition) is 3. The number of sulfonamides is 1. The lowest BCUT2D eigenvalue weighted by atomic mass is 10.2. The molecular formula is C21H17Cl2FN2O3S. The van der Waals surface area contributed by atoms with E-state index in [1.54, 1.807) is 37.3 Å². The van der Waals surface area contributed by atoms with Gasteiger partial charge in [0.1, 0.15) is 10.7 Å². The number of nitrogens with one attached hydrogen (secondary N) is 1. The van der Waals surface area contributed by atoms with Gasteiger partial charge in [-0.25, -0.2) is 12.8 Å². The fourth-order valence-corrected chi connectivity index (χ4v) is 5.09. The Labute approximate surface area is 184 Å². The van der Waals surface area contributed by atoms with Crippen LogP contribution in [0.1, 0.15) is 17.3 Å². The van der Waals surface area contributed by atoms with Gasteiger partial charge in [0.2, 0.25) is 0 Å². The normalized spacial score (nSPS) is 11.2. The van der Waals surface area contributed by atoms with Gasteiger partial charge in [0, 0.05) is 12.2 Å². The van der Waals surface area contributed by atoms with Crippen molar-refractivity contribution < 1.29 is 17.6 Å². The lowest BCUT2D eigenvalue weighted by Crippen LogP contribution is -2.31. The second-order valence-corrected chi connectivity index (χ2v) is 8.87. The molecule has 3 rings (SSSR count). The van der Waals surface area contributed by atoms with E-state index in [1.807, 2.05) is 0 Å². The molecule has 0 atom stereocenters. The van der Waals surface area contributed by atoms with Gasteiger partial charge in [-0.15, -0.1) is 0 Å². The molecule has 0 saturated carbocycles. The number of nitrogens with zero attached hydrogens (tertiary/aromatic N) is 1. The van der Waals surface area contributed by atoms with Crippen molar-refractivity contribution in [3.8, 4) is 0 Å². The van der Waals surface area contributed by atoms with Gasteiger partial charge in [-0.1, -0.05) is 41.4 Å². The van der Waals surface area contributed by atoms with Gasteiger partial charge >= 0.3 is 0 Å². The highest BCUT2D eigenvalue weighted by Gasteiger charge is 2.26. The van der Waals surface area contributed by atoms with Crippen molar-refractivity contribution in [2.75, 3.05) is 16.2 Å². The third-order valence-corrected chi connectivity index (χ3v) is 6.96. The zero-order valence-electron chi connectivity index (χ0n) is 15.8. The average Bonchev–Trinajstić information content (AvgIpc) is 2.70. The fraction of sp³-hybridized carbons (Fsp3) is 0.0952. The minimum atomic E-state index is -4.00. The number of rotatable bonds is 6. The number of benzene rings is 3. The number of carbonyl (C=O) groups excluding carboxylic acids is 1. The predicted molar refractivity (Wildman–Crippen MR) is 117 cm³/mol. The predicted octanol–water partition coefficient (Wildman–Crippen LogP) is 5.60. The summed E-state index contributed by atoms with van der Waals surface area (Å²) in [6.07, 6.45) is 0. The Kier molecular flexibility index (Phi) is 6.65. The maximum atomic E-state index is 13.3. The zero-order chi connectivity index (χ0) is 21.9. The lowest BCUT2D eigenvalue weighted by Gasteiger charge is -2.23. The Hall–Kier alpha value is -2.61. The van der Waals surface area contributed by atoms with Gasteiger partial charge in [-0.3, -0.25) is 9.10 Å². The molecule has 0 bridgehead atoms. The molecule has 0 spiro atoms. The van der Waals surface area contributed by atoms with Crippen molar-refractivity contribution in [2.24, 2.45) is 0 Å². The molecule has 3 aromatic rings. The maximum Gasteiger partial charge on any atom is 0.265 e. The van der Waals surface area contributed by atoms with Crippen LogP contribution in [0.5, 0.6) is 0 Å². The van der Waals surface area contributed by atoms with E-state index in [1.165, 1.54) is 28.6 Å². The van der Waals surface area contributed by atoms with Gasteiger partial charge in [0.15, 0.2) is 0 Å². The van der Waals surface area contributed by atoms with Crippen LogP contribution in [0.3, 0.4) is 0 Å². The van der Waals surface area contributed by atoms with Crippen LogP contribution in [0.15, 0.2) is 71.6 Å². The van der Waals surface area contributed by atoms with E-state index < -0.39 is 21.7 Å². The SMILES string of the molecule is CCN(c1ccccc1)S(=O)(=O)c1cc(NC(=O)c2ccc(F)cc2Cl)ccc1Cl. The van der Waals surface area contributed by atoms with E-state index in [4.69, 9.17) is 23.2 Å². The monoisotopic (exact) mass is 466 g/mol. The first-order chi connectivity index (χ1) is 14.2. The number of para-hydroxylation sites is 1. The number of hydrogen-bond donors (Lipinski definition) is 1. The van der Waals surface area contributed by atoms with Crippen LogP contribution in [-0.4, -0.2) is 20.9 Å². The van der Waals surface area contributed by atoms with Crippen molar-refractivity contribution in [1.29, 1.82) is 0 Å². The molecular weight excluding hydrogens is 450 g/mol. The third-order valence-electron chi connectivity index (χ3n) is 4.26. The minimum Gasteiger partial charge on any atom is -0.322 e. The smallest absolute Gasteiger partial charge is 0.265 e. The topological polar surface area (TPSA) is 66.5 Å². The van der Waals surface area contributed by atoms with E-state index in [9.17, 15) is 17.6 Å². The first-order valence-electron chi connectivity index (χ1n) is 8.87. The molecule has 0 aromatic heterocycles. The minimum absolute atomic E-state index is 0.0159. The zero-order valence-corrected chi connectivity index (χ0v) is 18.1. The summed E-state index contributed by atoms with van der Waals surface area (Å²) < 4.78 is 40.9. The molecule has 9 heteroatoms. The maximum absolute atomic E-state index is 13.3. The summed E-state index contributed by atoms with van der Waals surface area (Å²) in [5.74, 6) is -1.18. The van der Waals surface area contributed by atoms with E-state index in [2.05, 4.69) is 5.32 Å². The van der Waals surface area contributed by atoms with Crippen LogP contribution >= 0.6 is 23.2 Å². The molecule has 1 N–H and O–H groups in total. The molecule has 0 unspecified atom stereocenters. The second kappa shape index (κ2) is 9.04. The first kappa shape index (κ1) is 22.1. The molecule has 0 aliphatic heterocycles. The van der Waals surface area contributed by atoms with E-state index >= 15 is 0 Å². The largest absolute Gasteiger partial charge is 0.322 e. The Morgan fingerprint density at radius 1 is 1.00 bits per heavy atom. The summed E-state index contributed by atoms with van der Waals surface area (Å²) in [5, 5.41) is 2.52. The summed E-state index contributed by atoms with van der Waals surface area (Å²) >= 11 is 12.1. The highest BCUT2D eigenvalue weighted by molar-refractivity contribution is 7.93. The molecule has 0 saturated heterocycles. The molecule has 30 heavy (non-hydrogen) atoms. The standard InChI is InChI=1S/C21H17Cl2FN2O3S/c1-2-26(16-6-4-3-5-7-16)30(28,29)20-13-15(9-11-18(20)22)25-21(27)17-10-8-14(24)12-19(17)23/h3-13H,2H2,1H3,(H,25,27). The molecule has 0 aliphatic carbocycles. The summed E-state index contributed by atoms with van der Waals surface area (Å²) in [7, 11) is -4.00. The Bertz CT molecular complexity index is 1190. The molecule has 0 radical (unpaired) electrons. The van der Waals surface area contributed by atoms with Crippen LogP contribution in [-0.2, 0) is 10.0 Å². The summed E-state index contributed by atoms with van der Waals surface area (Å²) in [6, 6.07) is 16.1. The van der Waals surface area contributed by atoms with Crippen molar-refractivity contribution >= 4 is 50.5 Å². The highest BCUT2D eigenvalue weighted by atomic mass is 35.5. The van der Waals surface area contributed by atoms with Crippen molar-refractivity contribution in [3.05, 3.63) is 88.2 Å². The summed E-state index contributed by atoms with van der Waals surface area (Å²) in [6.45, 7) is 1.89. The number of amides is 1. The van der Waals surface area contributed by atoms with Crippen LogP contribution < -0.4 is 9.62 Å². The lowest BCUT2D eigenvalue weighted by molar-refractivity contribution is 0.102. The van der Waals surface area contributed by atoms with E-state index in [0.29, 0.717) is 5.69 Å². The van der Waals surface area contributed by atoms with Crippen LogP contribution in [0.4, 0.5) is 15.8 Å². The molecule has 0 aliphatic rings. The Morgan fingerprint density at radius 2 is 1.70 bits per heavy atom.